The summed E-state index contributed by atoms with van der Waals surface area (Å²) < 4.78 is 0. The van der Waals surface area contributed by atoms with E-state index in [1.807, 2.05) is 25.2 Å². The molecule has 1 aliphatic heterocycles. The molecule has 15 heavy (non-hydrogen) atoms. The van der Waals surface area contributed by atoms with Gasteiger partial charge in [-0.15, -0.1) is 0 Å². The van der Waals surface area contributed by atoms with Gasteiger partial charge in [-0.25, -0.2) is 0 Å². The first kappa shape index (κ1) is 12.2. The summed E-state index contributed by atoms with van der Waals surface area (Å²) in [7, 11) is 3.91. The summed E-state index contributed by atoms with van der Waals surface area (Å²) in [6.07, 6.45) is 2.59. The van der Waals surface area contributed by atoms with Gasteiger partial charge < -0.3 is 4.90 Å². The molecule has 0 amide bonds. The van der Waals surface area contributed by atoms with Crippen LogP contribution in [0.25, 0.3) is 0 Å². The minimum absolute atomic E-state index is 0.145. The van der Waals surface area contributed by atoms with Gasteiger partial charge in [0.05, 0.1) is 0 Å². The molecule has 1 saturated heterocycles. The number of carbonyl (C=O) groups excluding carboxylic acids is 1. The Morgan fingerprint density at radius 1 is 1.33 bits per heavy atom. The second-order valence-electron chi connectivity index (χ2n) is 5.38. The summed E-state index contributed by atoms with van der Waals surface area (Å²) in [6.45, 7) is 8.23. The Balaban J connectivity index is 2.77. The quantitative estimate of drug-likeness (QED) is 0.613. The lowest BCUT2D eigenvalue weighted by molar-refractivity contribution is -0.118. The largest absolute Gasteiger partial charge is 0.383 e. The molecule has 0 unspecified atom stereocenters. The van der Waals surface area contributed by atoms with Crippen molar-refractivity contribution in [3.8, 4) is 0 Å². The Morgan fingerprint density at radius 3 is 2.40 bits per heavy atom. The average Bonchev–Trinajstić information content (AvgIpc) is 2.06. The first-order valence-electron chi connectivity index (χ1n) is 5.46. The molecule has 0 atom stereocenters. The van der Waals surface area contributed by atoms with Crippen LogP contribution in [0.3, 0.4) is 0 Å². The molecule has 0 aliphatic carbocycles. The van der Waals surface area contributed by atoms with Gasteiger partial charge in [-0.05, 0) is 20.8 Å². The summed E-state index contributed by atoms with van der Waals surface area (Å²) in [4.78, 5) is 16.0. The molecule has 1 aliphatic rings. The highest BCUT2D eigenvalue weighted by atomic mass is 16.1. The van der Waals surface area contributed by atoms with E-state index in [1.54, 1.807) is 0 Å². The van der Waals surface area contributed by atoms with Gasteiger partial charge in [0.25, 0.3) is 0 Å². The molecular weight excluding hydrogens is 188 g/mol. The molecule has 0 aromatic heterocycles. The van der Waals surface area contributed by atoms with Crippen LogP contribution in [0.4, 0.5) is 0 Å². The molecule has 86 valence electrons. The van der Waals surface area contributed by atoms with Crippen LogP contribution < -0.4 is 0 Å². The van der Waals surface area contributed by atoms with Crippen LogP contribution in [0, 0.1) is 0 Å². The fourth-order valence-corrected chi connectivity index (χ4v) is 1.77. The average molecular weight is 210 g/mol. The number of hydrogen-bond donors (Lipinski definition) is 0. The number of ketones is 1. The van der Waals surface area contributed by atoms with Crippen molar-refractivity contribution in [2.75, 3.05) is 27.2 Å². The Bertz CT molecular complexity index is 274. The monoisotopic (exact) mass is 210 g/mol. The maximum absolute atomic E-state index is 11.7. The van der Waals surface area contributed by atoms with Crippen LogP contribution in [0.15, 0.2) is 11.8 Å². The van der Waals surface area contributed by atoms with Crippen molar-refractivity contribution in [1.82, 2.24) is 9.80 Å². The maximum Gasteiger partial charge on any atom is 0.162 e. The molecule has 1 fully saturated rings. The zero-order valence-corrected chi connectivity index (χ0v) is 10.5. The van der Waals surface area contributed by atoms with E-state index in [0.717, 1.165) is 18.7 Å². The number of rotatable bonds is 1. The van der Waals surface area contributed by atoms with E-state index < -0.39 is 0 Å². The van der Waals surface area contributed by atoms with Crippen molar-refractivity contribution in [1.29, 1.82) is 0 Å². The molecular formula is C12H22N2O. The highest BCUT2D eigenvalue weighted by Gasteiger charge is 2.28. The Hall–Kier alpha value is -0.830. The number of piperidine rings is 1. The smallest absolute Gasteiger partial charge is 0.162 e. The maximum atomic E-state index is 11.7. The molecule has 1 heterocycles. The van der Waals surface area contributed by atoms with Crippen LogP contribution in [0.2, 0.25) is 0 Å². The fourth-order valence-electron chi connectivity index (χ4n) is 1.77. The lowest BCUT2D eigenvalue weighted by Crippen LogP contribution is -2.47. The number of nitrogens with zero attached hydrogens (tertiary/aromatic N) is 2. The zero-order chi connectivity index (χ0) is 11.6. The van der Waals surface area contributed by atoms with Gasteiger partial charge in [-0.1, -0.05) is 0 Å². The van der Waals surface area contributed by atoms with Gasteiger partial charge in [0.15, 0.2) is 5.78 Å². The van der Waals surface area contributed by atoms with E-state index in [2.05, 4.69) is 25.7 Å². The minimum atomic E-state index is 0.145. The fraction of sp³-hybridized carbons (Fsp3) is 0.750. The molecule has 0 N–H and O–H groups in total. The molecule has 0 bridgehead atoms. The lowest BCUT2D eigenvalue weighted by atomic mass is 9.97. The molecule has 3 nitrogen and oxygen atoms in total. The van der Waals surface area contributed by atoms with Crippen molar-refractivity contribution in [3.63, 3.8) is 0 Å². The summed E-state index contributed by atoms with van der Waals surface area (Å²) in [5.41, 5.74) is 1.08. The van der Waals surface area contributed by atoms with Gasteiger partial charge in [0.2, 0.25) is 0 Å². The highest BCUT2D eigenvalue weighted by Crippen LogP contribution is 2.21. The Morgan fingerprint density at radius 2 is 1.93 bits per heavy atom. The van der Waals surface area contributed by atoms with E-state index in [0.29, 0.717) is 12.2 Å². The van der Waals surface area contributed by atoms with Gasteiger partial charge in [0, 0.05) is 50.9 Å². The number of Topliss-reactive ketones (excluding diaryl/α,β-unsaturated/α-hetero) is 1. The van der Waals surface area contributed by atoms with Crippen molar-refractivity contribution >= 4 is 5.78 Å². The van der Waals surface area contributed by atoms with Gasteiger partial charge in [-0.2, -0.15) is 0 Å². The molecule has 0 radical (unpaired) electrons. The predicted octanol–water partition coefficient (Wildman–Crippen LogP) is 1.51. The van der Waals surface area contributed by atoms with Gasteiger partial charge in [-0.3, -0.25) is 9.69 Å². The number of hydrogen-bond acceptors (Lipinski definition) is 3. The molecule has 1 rings (SSSR count). The SMILES string of the molecule is CN(C)/C=C1/CN(C(C)(C)C)CCC1=O. The highest BCUT2D eigenvalue weighted by molar-refractivity contribution is 5.96. The van der Waals surface area contributed by atoms with Crippen LogP contribution in [-0.2, 0) is 4.79 Å². The first-order chi connectivity index (χ1) is 6.80. The van der Waals surface area contributed by atoms with Crippen molar-refractivity contribution in [3.05, 3.63) is 11.8 Å². The number of carbonyl (C=O) groups is 1. The molecule has 3 heteroatoms. The van der Waals surface area contributed by atoms with Crippen LogP contribution >= 0.6 is 0 Å². The topological polar surface area (TPSA) is 23.6 Å². The second-order valence-corrected chi connectivity index (χ2v) is 5.38. The third-order valence-electron chi connectivity index (χ3n) is 2.69. The van der Waals surface area contributed by atoms with E-state index in [4.69, 9.17) is 0 Å². The third-order valence-corrected chi connectivity index (χ3v) is 2.69. The van der Waals surface area contributed by atoms with Crippen LogP contribution in [0.5, 0.6) is 0 Å². The van der Waals surface area contributed by atoms with Gasteiger partial charge in [0.1, 0.15) is 0 Å². The van der Waals surface area contributed by atoms with E-state index in [-0.39, 0.29) is 5.54 Å². The Labute approximate surface area is 92.7 Å². The van der Waals surface area contributed by atoms with E-state index in [1.165, 1.54) is 0 Å². The normalized spacial score (nSPS) is 22.2. The van der Waals surface area contributed by atoms with E-state index >= 15 is 0 Å². The first-order valence-corrected chi connectivity index (χ1v) is 5.46. The molecule has 0 spiro atoms. The van der Waals surface area contributed by atoms with Crippen LogP contribution in [0.1, 0.15) is 27.2 Å². The second kappa shape index (κ2) is 4.35. The standard InChI is InChI=1S/C12H22N2O/c1-12(2,3)14-7-6-11(15)10(9-14)8-13(4)5/h8H,6-7,9H2,1-5H3/b10-8-. The number of likely N-dealkylation sites (tertiary alicyclic amines) is 1. The Kier molecular flexibility index (Phi) is 3.55. The summed E-state index contributed by atoms with van der Waals surface area (Å²) in [6, 6.07) is 0. The molecule has 0 saturated carbocycles. The van der Waals surface area contributed by atoms with Crippen LogP contribution in [-0.4, -0.2) is 48.3 Å². The predicted molar refractivity (Wildman–Crippen MR) is 62.7 cm³/mol. The van der Waals surface area contributed by atoms with Crippen molar-refractivity contribution in [2.24, 2.45) is 0 Å². The molecule has 0 aromatic carbocycles. The minimum Gasteiger partial charge on any atom is -0.383 e. The van der Waals surface area contributed by atoms with E-state index in [9.17, 15) is 4.79 Å². The summed E-state index contributed by atoms with van der Waals surface area (Å²) >= 11 is 0. The van der Waals surface area contributed by atoms with Crippen molar-refractivity contribution < 1.29 is 4.79 Å². The van der Waals surface area contributed by atoms with Gasteiger partial charge >= 0.3 is 0 Å². The molecule has 0 aromatic rings. The zero-order valence-electron chi connectivity index (χ0n) is 10.5. The third kappa shape index (κ3) is 3.34. The summed E-state index contributed by atoms with van der Waals surface area (Å²) in [5, 5.41) is 0. The lowest BCUT2D eigenvalue weighted by Gasteiger charge is -2.38. The van der Waals surface area contributed by atoms with Crippen molar-refractivity contribution in [2.45, 2.75) is 32.7 Å². The summed E-state index contributed by atoms with van der Waals surface area (Å²) in [5.74, 6) is 0.296.